The van der Waals surface area contributed by atoms with Crippen LogP contribution in [0, 0.1) is 11.8 Å². The molecule has 1 aliphatic carbocycles. The molecule has 3 heteroatoms. The summed E-state index contributed by atoms with van der Waals surface area (Å²) >= 11 is 0. The molecule has 0 radical (unpaired) electrons. The monoisotopic (exact) mass is 392 g/mol. The Hall–Kier alpha value is -0.430. The van der Waals surface area contributed by atoms with Crippen molar-refractivity contribution in [2.24, 2.45) is 11.8 Å². The molecule has 2 rings (SSSR count). The van der Waals surface area contributed by atoms with Crippen molar-refractivity contribution in [3.8, 4) is 0 Å². The van der Waals surface area contributed by atoms with E-state index in [1.54, 1.807) is 0 Å². The molecule has 0 amide bonds. The average molecular weight is 393 g/mol. The molecule has 154 valence electrons. The van der Waals surface area contributed by atoms with Gasteiger partial charge in [0, 0.05) is 6.16 Å². The zero-order valence-corrected chi connectivity index (χ0v) is 18.9. The Kier molecular flexibility index (Phi) is 9.77. The number of hydrogen-bond donors (Lipinski definition) is 1. The van der Waals surface area contributed by atoms with Crippen molar-refractivity contribution in [3.63, 3.8) is 0 Å². The van der Waals surface area contributed by atoms with Crippen LogP contribution in [-0.4, -0.2) is 17.2 Å². The van der Waals surface area contributed by atoms with Crippen LogP contribution in [0.2, 0.25) is 0 Å². The Balaban J connectivity index is 1.91. The van der Waals surface area contributed by atoms with Gasteiger partial charge in [-0.15, -0.1) is 0 Å². The van der Waals surface area contributed by atoms with Gasteiger partial charge in [-0.3, -0.25) is 0 Å². The predicted molar refractivity (Wildman–Crippen MR) is 118 cm³/mol. The highest BCUT2D eigenvalue weighted by Gasteiger charge is 2.41. The van der Waals surface area contributed by atoms with E-state index in [4.69, 9.17) is 4.52 Å². The van der Waals surface area contributed by atoms with Crippen LogP contribution in [0.3, 0.4) is 0 Å². The van der Waals surface area contributed by atoms with Crippen LogP contribution in [0.4, 0.5) is 0 Å². The molecule has 1 N–H and O–H groups in total. The lowest BCUT2D eigenvalue weighted by Gasteiger charge is -2.44. The number of rotatable bonds is 11. The lowest BCUT2D eigenvalue weighted by molar-refractivity contribution is 0.0341. The molecule has 1 aliphatic rings. The average Bonchev–Trinajstić information content (AvgIpc) is 2.65. The van der Waals surface area contributed by atoms with Crippen LogP contribution in [0.25, 0.3) is 0 Å². The highest BCUT2D eigenvalue weighted by molar-refractivity contribution is 7.46. The van der Waals surface area contributed by atoms with Gasteiger partial charge in [0.05, 0.1) is 6.10 Å². The van der Waals surface area contributed by atoms with Gasteiger partial charge in [0.25, 0.3) is 0 Å². The molecule has 0 bridgehead atoms. The summed E-state index contributed by atoms with van der Waals surface area (Å²) in [6.45, 7) is 9.29. The molecule has 1 aromatic carbocycles. The Bertz CT molecular complexity index is 516. The van der Waals surface area contributed by atoms with Gasteiger partial charge in [0.2, 0.25) is 0 Å². The molecular formula is C24H41O2P. The van der Waals surface area contributed by atoms with Gasteiger partial charge in [-0.2, -0.15) is 0 Å². The highest BCUT2D eigenvalue weighted by Crippen LogP contribution is 2.48. The lowest BCUT2D eigenvalue weighted by atomic mass is 9.64. The van der Waals surface area contributed by atoms with Crippen LogP contribution >= 0.6 is 8.38 Å². The molecule has 1 saturated carbocycles. The molecule has 0 saturated heterocycles. The third kappa shape index (κ3) is 7.15. The largest absolute Gasteiger partial charge is 0.350 e. The van der Waals surface area contributed by atoms with Gasteiger partial charge < -0.3 is 9.42 Å². The summed E-state index contributed by atoms with van der Waals surface area (Å²) in [4.78, 5) is 10.6. The minimum atomic E-state index is -1.29. The van der Waals surface area contributed by atoms with Crippen molar-refractivity contribution in [2.45, 2.75) is 97.0 Å². The second-order valence-electron chi connectivity index (χ2n) is 9.10. The normalized spacial score (nSPS) is 24.7. The predicted octanol–water partition coefficient (Wildman–Crippen LogP) is 7.45. The van der Waals surface area contributed by atoms with E-state index in [-0.39, 0.29) is 11.5 Å². The van der Waals surface area contributed by atoms with E-state index in [9.17, 15) is 4.89 Å². The van der Waals surface area contributed by atoms with Crippen LogP contribution in [0.5, 0.6) is 0 Å². The summed E-state index contributed by atoms with van der Waals surface area (Å²) in [7, 11) is -1.29. The van der Waals surface area contributed by atoms with Crippen molar-refractivity contribution in [1.82, 2.24) is 0 Å². The third-order valence-corrected chi connectivity index (χ3v) is 7.67. The van der Waals surface area contributed by atoms with Crippen LogP contribution < -0.4 is 0 Å². The molecule has 4 atom stereocenters. The van der Waals surface area contributed by atoms with Gasteiger partial charge in [-0.05, 0) is 42.1 Å². The molecule has 1 fully saturated rings. The minimum absolute atomic E-state index is 0.0718. The zero-order chi connectivity index (χ0) is 19.7. The topological polar surface area (TPSA) is 29.5 Å². The van der Waals surface area contributed by atoms with Crippen molar-refractivity contribution in [3.05, 3.63) is 35.9 Å². The van der Waals surface area contributed by atoms with Crippen LogP contribution in [0.15, 0.2) is 30.3 Å². The smallest absolute Gasteiger partial charge is 0.167 e. The van der Waals surface area contributed by atoms with Gasteiger partial charge in [-0.1, -0.05) is 96.6 Å². The molecule has 0 spiro atoms. The van der Waals surface area contributed by atoms with E-state index in [2.05, 4.69) is 58.0 Å². The van der Waals surface area contributed by atoms with Gasteiger partial charge in [0.1, 0.15) is 0 Å². The molecule has 0 aromatic heterocycles. The first-order valence-corrected chi connectivity index (χ1v) is 12.5. The Morgan fingerprint density at radius 2 is 1.70 bits per heavy atom. The maximum atomic E-state index is 10.6. The molecule has 27 heavy (non-hydrogen) atoms. The van der Waals surface area contributed by atoms with Crippen molar-refractivity contribution < 1.29 is 9.42 Å². The molecular weight excluding hydrogens is 351 g/mol. The third-order valence-electron chi connectivity index (χ3n) is 6.46. The van der Waals surface area contributed by atoms with E-state index in [0.717, 1.165) is 19.0 Å². The van der Waals surface area contributed by atoms with E-state index in [1.165, 1.54) is 50.5 Å². The van der Waals surface area contributed by atoms with E-state index in [0.29, 0.717) is 11.8 Å². The van der Waals surface area contributed by atoms with E-state index in [1.807, 2.05) is 0 Å². The number of unbranched alkanes of at least 4 members (excludes halogenated alkanes) is 5. The summed E-state index contributed by atoms with van der Waals surface area (Å²) in [5, 5.41) is 0. The molecule has 0 aliphatic heterocycles. The number of hydrogen-bond acceptors (Lipinski definition) is 2. The second kappa shape index (κ2) is 11.5. The standard InChI is InChI=1S/C24H41O2P/c1-5-6-7-8-9-13-18-27(25)26-23-19-20(2)16-17-22(23)24(3,4)21-14-11-10-12-15-21/h10-12,14-15,20,22-23,25H,5-9,13,16-19H2,1-4H3/t20-,22-,23-,27?/m1/s1. The van der Waals surface area contributed by atoms with Crippen molar-refractivity contribution >= 4 is 8.38 Å². The first kappa shape index (κ1) is 22.9. The fourth-order valence-electron chi connectivity index (χ4n) is 4.59. The van der Waals surface area contributed by atoms with Crippen molar-refractivity contribution in [1.29, 1.82) is 0 Å². The quantitative estimate of drug-likeness (QED) is 0.313. The molecule has 2 nitrogen and oxygen atoms in total. The first-order chi connectivity index (χ1) is 12.9. The SMILES string of the molecule is CCCCCCCCP(O)O[C@@H]1C[C@H](C)CC[C@H]1C(C)(C)c1ccccc1. The minimum Gasteiger partial charge on any atom is -0.350 e. The Labute approximate surface area is 169 Å². The lowest BCUT2D eigenvalue weighted by Crippen LogP contribution is -2.42. The van der Waals surface area contributed by atoms with Gasteiger partial charge >= 0.3 is 0 Å². The molecule has 1 unspecified atom stereocenters. The first-order valence-electron chi connectivity index (χ1n) is 11.1. The number of benzene rings is 1. The van der Waals surface area contributed by atoms with Crippen LogP contribution in [-0.2, 0) is 9.94 Å². The van der Waals surface area contributed by atoms with Crippen molar-refractivity contribution in [2.75, 3.05) is 6.16 Å². The summed E-state index contributed by atoms with van der Waals surface area (Å²) in [6.07, 6.45) is 12.1. The second-order valence-corrected chi connectivity index (χ2v) is 10.5. The summed E-state index contributed by atoms with van der Waals surface area (Å²) in [6, 6.07) is 10.8. The van der Waals surface area contributed by atoms with E-state index < -0.39 is 8.38 Å². The fraction of sp³-hybridized carbons (Fsp3) is 0.750. The zero-order valence-electron chi connectivity index (χ0n) is 18.0. The van der Waals surface area contributed by atoms with Crippen LogP contribution in [0.1, 0.15) is 91.0 Å². The Morgan fingerprint density at radius 1 is 1.04 bits per heavy atom. The maximum Gasteiger partial charge on any atom is 0.167 e. The summed E-state index contributed by atoms with van der Waals surface area (Å²) in [5.74, 6) is 1.16. The maximum absolute atomic E-state index is 10.6. The Morgan fingerprint density at radius 3 is 2.41 bits per heavy atom. The van der Waals surface area contributed by atoms with E-state index >= 15 is 0 Å². The summed E-state index contributed by atoms with van der Waals surface area (Å²) < 4.78 is 6.33. The fourth-order valence-corrected chi connectivity index (χ4v) is 5.73. The molecule has 1 aromatic rings. The molecule has 0 heterocycles. The van der Waals surface area contributed by atoms with Gasteiger partial charge in [0.15, 0.2) is 8.38 Å². The van der Waals surface area contributed by atoms with Gasteiger partial charge in [-0.25, -0.2) is 0 Å². The summed E-state index contributed by atoms with van der Waals surface area (Å²) in [5.41, 5.74) is 1.46. The highest BCUT2D eigenvalue weighted by atomic mass is 31.2.